The Kier molecular flexibility index (Phi) is 3.71. The Morgan fingerprint density at radius 1 is 1.47 bits per heavy atom. The number of thiazole rings is 1. The van der Waals surface area contributed by atoms with Crippen LogP contribution < -0.4 is 15.5 Å². The molecule has 0 fully saturated rings. The Bertz CT molecular complexity index is 651. The minimum Gasteiger partial charge on any atom is -0.367 e. The van der Waals surface area contributed by atoms with Gasteiger partial charge in [0.05, 0.1) is 11.5 Å². The minimum atomic E-state index is -0.565. The molecule has 2 heterocycles. The van der Waals surface area contributed by atoms with Crippen molar-refractivity contribution < 1.29 is 4.92 Å². The maximum absolute atomic E-state index is 11.0. The normalized spacial score (nSPS) is 10.2. The highest BCUT2D eigenvalue weighted by Crippen LogP contribution is 2.28. The van der Waals surface area contributed by atoms with Crippen LogP contribution in [0.15, 0.2) is 16.5 Å². The molecule has 0 saturated heterocycles. The first-order valence-corrected chi connectivity index (χ1v) is 6.07. The van der Waals surface area contributed by atoms with Gasteiger partial charge >= 0.3 is 10.6 Å². The van der Waals surface area contributed by atoms with Gasteiger partial charge in [0.15, 0.2) is 0 Å². The van der Waals surface area contributed by atoms with Crippen LogP contribution >= 0.6 is 11.3 Å². The van der Waals surface area contributed by atoms with Crippen LogP contribution in [0.5, 0.6) is 0 Å². The van der Waals surface area contributed by atoms with Crippen LogP contribution in [0, 0.1) is 10.1 Å². The molecule has 0 atom stereocenters. The summed E-state index contributed by atoms with van der Waals surface area (Å²) in [6.07, 6.45) is 1.22. The van der Waals surface area contributed by atoms with E-state index in [9.17, 15) is 14.9 Å². The van der Waals surface area contributed by atoms with E-state index < -0.39 is 4.92 Å². The van der Waals surface area contributed by atoms with Gasteiger partial charge in [-0.1, -0.05) is 11.3 Å². The molecule has 10 heteroatoms. The lowest BCUT2D eigenvalue weighted by molar-refractivity contribution is -0.383. The number of nitrogens with zero attached hydrogens (tertiary/aromatic N) is 3. The zero-order chi connectivity index (χ0) is 13.8. The van der Waals surface area contributed by atoms with E-state index in [1.807, 2.05) is 0 Å². The Balaban J connectivity index is 2.24. The van der Waals surface area contributed by atoms with E-state index in [-0.39, 0.29) is 28.7 Å². The number of H-pyrrole nitrogens is 1. The molecule has 0 spiro atoms. The van der Waals surface area contributed by atoms with Crippen molar-refractivity contribution in [3.8, 4) is 0 Å². The average molecular weight is 282 g/mol. The number of nitro groups is 1. The number of anilines is 2. The number of rotatable bonds is 5. The van der Waals surface area contributed by atoms with Crippen LogP contribution in [0.1, 0.15) is 5.69 Å². The number of aromatic nitrogens is 3. The summed E-state index contributed by atoms with van der Waals surface area (Å²) in [5, 5.41) is 18.1. The lowest BCUT2D eigenvalue weighted by Crippen LogP contribution is -2.09. The van der Waals surface area contributed by atoms with Crippen LogP contribution in [0.3, 0.4) is 0 Å². The third-order valence-corrected chi connectivity index (χ3v) is 2.98. The molecule has 100 valence electrons. The summed E-state index contributed by atoms with van der Waals surface area (Å²) < 4.78 is 0. The second-order valence-corrected chi connectivity index (χ2v) is 4.30. The SMILES string of the molecule is CNc1ncnc(NCc2csc(=O)[nH]2)c1[N+](=O)[O-]. The van der Waals surface area contributed by atoms with Gasteiger partial charge in [0.25, 0.3) is 0 Å². The topological polar surface area (TPSA) is 126 Å². The zero-order valence-corrected chi connectivity index (χ0v) is 10.7. The van der Waals surface area contributed by atoms with Gasteiger partial charge in [0.2, 0.25) is 11.6 Å². The van der Waals surface area contributed by atoms with Crippen molar-refractivity contribution in [3.63, 3.8) is 0 Å². The van der Waals surface area contributed by atoms with Crippen LogP contribution in [-0.2, 0) is 6.54 Å². The van der Waals surface area contributed by atoms with Crippen molar-refractivity contribution in [2.75, 3.05) is 17.7 Å². The van der Waals surface area contributed by atoms with Crippen LogP contribution in [0.2, 0.25) is 0 Å². The monoisotopic (exact) mass is 282 g/mol. The fourth-order valence-corrected chi connectivity index (χ4v) is 2.03. The molecule has 0 aliphatic carbocycles. The van der Waals surface area contributed by atoms with Crippen LogP contribution in [0.25, 0.3) is 0 Å². The molecule has 0 unspecified atom stereocenters. The molecule has 19 heavy (non-hydrogen) atoms. The van der Waals surface area contributed by atoms with Gasteiger partial charge in [0.1, 0.15) is 6.33 Å². The first kappa shape index (κ1) is 13.0. The Hall–Kier alpha value is -2.49. The third kappa shape index (κ3) is 2.85. The number of hydrogen-bond acceptors (Lipinski definition) is 8. The fourth-order valence-electron chi connectivity index (χ4n) is 1.44. The molecule has 0 aromatic carbocycles. The molecule has 0 saturated carbocycles. The first-order valence-electron chi connectivity index (χ1n) is 5.19. The lowest BCUT2D eigenvalue weighted by Gasteiger charge is -2.06. The van der Waals surface area contributed by atoms with E-state index in [2.05, 4.69) is 25.6 Å². The van der Waals surface area contributed by atoms with Crippen molar-refractivity contribution in [1.29, 1.82) is 0 Å². The summed E-state index contributed by atoms with van der Waals surface area (Å²) in [5.74, 6) is 0.220. The van der Waals surface area contributed by atoms with Gasteiger partial charge in [-0.3, -0.25) is 14.9 Å². The second-order valence-electron chi connectivity index (χ2n) is 3.45. The van der Waals surface area contributed by atoms with E-state index in [0.717, 1.165) is 11.3 Å². The summed E-state index contributed by atoms with van der Waals surface area (Å²) in [6, 6.07) is 0. The van der Waals surface area contributed by atoms with E-state index in [0.29, 0.717) is 5.69 Å². The fraction of sp³-hybridized carbons (Fsp3) is 0.222. The zero-order valence-electron chi connectivity index (χ0n) is 9.84. The van der Waals surface area contributed by atoms with Gasteiger partial charge in [-0.05, 0) is 0 Å². The molecule has 0 amide bonds. The van der Waals surface area contributed by atoms with Crippen molar-refractivity contribution in [1.82, 2.24) is 15.0 Å². The standard InChI is InChI=1S/C9H10N6O3S/c1-10-7-6(15(17)18)8(13-4-12-7)11-2-5-3-19-9(16)14-5/h3-4H,2H2,1H3,(H,14,16)(H2,10,11,12,13). The van der Waals surface area contributed by atoms with Crippen molar-refractivity contribution >= 4 is 28.7 Å². The van der Waals surface area contributed by atoms with E-state index >= 15 is 0 Å². The minimum absolute atomic E-state index is 0.0939. The lowest BCUT2D eigenvalue weighted by atomic mass is 10.4. The summed E-state index contributed by atoms with van der Waals surface area (Å²) in [5.41, 5.74) is 0.400. The van der Waals surface area contributed by atoms with Gasteiger partial charge < -0.3 is 15.6 Å². The molecule has 0 radical (unpaired) electrons. The second kappa shape index (κ2) is 5.44. The van der Waals surface area contributed by atoms with E-state index in [1.54, 1.807) is 5.38 Å². The third-order valence-electron chi connectivity index (χ3n) is 2.26. The number of hydrogen-bond donors (Lipinski definition) is 3. The van der Waals surface area contributed by atoms with Gasteiger partial charge in [-0.15, -0.1) is 0 Å². The summed E-state index contributed by atoms with van der Waals surface area (Å²) in [6.45, 7) is 0.236. The molecule has 9 nitrogen and oxygen atoms in total. The highest BCUT2D eigenvalue weighted by molar-refractivity contribution is 7.07. The van der Waals surface area contributed by atoms with Gasteiger partial charge in [0, 0.05) is 18.1 Å². The van der Waals surface area contributed by atoms with Crippen molar-refractivity contribution in [3.05, 3.63) is 37.2 Å². The van der Waals surface area contributed by atoms with Crippen LogP contribution in [-0.4, -0.2) is 26.9 Å². The number of aromatic amines is 1. The highest BCUT2D eigenvalue weighted by atomic mass is 32.1. The summed E-state index contributed by atoms with van der Waals surface area (Å²) in [7, 11) is 1.54. The summed E-state index contributed by atoms with van der Waals surface area (Å²) in [4.78, 5) is 31.4. The quantitative estimate of drug-likeness (QED) is 0.546. The van der Waals surface area contributed by atoms with Crippen LogP contribution in [0.4, 0.5) is 17.3 Å². The molecule has 0 aliphatic heterocycles. The molecular formula is C9H10N6O3S. The van der Waals surface area contributed by atoms with Gasteiger partial charge in [-0.2, -0.15) is 0 Å². The predicted molar refractivity (Wildman–Crippen MR) is 70.5 cm³/mol. The molecule has 3 N–H and O–H groups in total. The molecule has 2 aromatic rings. The first-order chi connectivity index (χ1) is 9.11. The molecule has 2 rings (SSSR count). The maximum atomic E-state index is 11.0. The predicted octanol–water partition coefficient (Wildman–Crippen LogP) is 0.788. The largest absolute Gasteiger partial charge is 0.367 e. The average Bonchev–Trinajstić information content (AvgIpc) is 2.81. The summed E-state index contributed by atoms with van der Waals surface area (Å²) >= 11 is 1.03. The molecule has 2 aromatic heterocycles. The smallest absolute Gasteiger partial charge is 0.353 e. The molecule has 0 bridgehead atoms. The van der Waals surface area contributed by atoms with Gasteiger partial charge in [-0.25, -0.2) is 9.97 Å². The highest BCUT2D eigenvalue weighted by Gasteiger charge is 2.21. The number of nitrogens with one attached hydrogen (secondary N) is 3. The van der Waals surface area contributed by atoms with E-state index in [1.165, 1.54) is 13.4 Å². The Morgan fingerprint density at radius 3 is 2.79 bits per heavy atom. The van der Waals surface area contributed by atoms with Crippen molar-refractivity contribution in [2.24, 2.45) is 0 Å². The molecule has 0 aliphatic rings. The maximum Gasteiger partial charge on any atom is 0.353 e. The Morgan fingerprint density at radius 2 is 2.21 bits per heavy atom. The van der Waals surface area contributed by atoms with E-state index in [4.69, 9.17) is 0 Å². The van der Waals surface area contributed by atoms with Crippen molar-refractivity contribution in [2.45, 2.75) is 6.54 Å². The Labute approximate surface area is 110 Å². The molecular weight excluding hydrogens is 272 g/mol.